The van der Waals surface area contributed by atoms with Gasteiger partial charge in [0.05, 0.1) is 5.52 Å². The van der Waals surface area contributed by atoms with Crippen molar-refractivity contribution in [1.29, 1.82) is 0 Å². The lowest BCUT2D eigenvalue weighted by molar-refractivity contribution is 0.632. The van der Waals surface area contributed by atoms with Gasteiger partial charge in [0, 0.05) is 24.7 Å². The Balaban J connectivity index is 1.85. The Morgan fingerprint density at radius 3 is 3.00 bits per heavy atom. The van der Waals surface area contributed by atoms with Crippen LogP contribution >= 0.6 is 0 Å². The van der Waals surface area contributed by atoms with Gasteiger partial charge in [0.15, 0.2) is 0 Å². The predicted octanol–water partition coefficient (Wildman–Crippen LogP) is 2.61. The summed E-state index contributed by atoms with van der Waals surface area (Å²) >= 11 is 0. The fourth-order valence-electron chi connectivity index (χ4n) is 2.40. The van der Waals surface area contributed by atoms with Crippen molar-refractivity contribution in [2.24, 2.45) is 7.05 Å². The number of rotatable bonds is 4. The molecule has 0 aliphatic heterocycles. The van der Waals surface area contributed by atoms with Gasteiger partial charge in [0.2, 0.25) is 0 Å². The fraction of sp³-hybridized carbons (Fsp3) is 0.429. The molecule has 1 N–H and O–H groups in total. The Labute approximate surface area is 100 Å². The quantitative estimate of drug-likeness (QED) is 0.857. The molecule has 0 amide bonds. The number of nitrogens with one attached hydrogen (secondary N) is 1. The zero-order chi connectivity index (χ0) is 11.8. The first-order valence-electron chi connectivity index (χ1n) is 6.21. The van der Waals surface area contributed by atoms with E-state index in [1.807, 2.05) is 23.9 Å². The first-order chi connectivity index (χ1) is 8.25. The number of halogens is 1. The minimum atomic E-state index is -0.133. The molecule has 0 saturated heterocycles. The Bertz CT molecular complexity index is 540. The Hall–Kier alpha value is -1.35. The highest BCUT2D eigenvalue weighted by atomic mass is 19.1. The van der Waals surface area contributed by atoms with Gasteiger partial charge in [-0.2, -0.15) is 0 Å². The van der Waals surface area contributed by atoms with Crippen LogP contribution < -0.4 is 5.32 Å². The molecule has 1 aromatic carbocycles. The molecule has 17 heavy (non-hydrogen) atoms. The van der Waals surface area contributed by atoms with E-state index in [1.165, 1.54) is 24.5 Å². The molecule has 0 spiro atoms. The largest absolute Gasteiger partial charge is 0.348 e. The molecular formula is C14H17FN2. The van der Waals surface area contributed by atoms with Crippen LogP contribution in [0.4, 0.5) is 4.39 Å². The topological polar surface area (TPSA) is 17.0 Å². The molecular weight excluding hydrogens is 215 g/mol. The van der Waals surface area contributed by atoms with Crippen LogP contribution in [-0.4, -0.2) is 17.2 Å². The molecule has 0 unspecified atom stereocenters. The minimum Gasteiger partial charge on any atom is -0.348 e. The van der Waals surface area contributed by atoms with Crippen molar-refractivity contribution in [1.82, 2.24) is 9.88 Å². The third-order valence-corrected chi connectivity index (χ3v) is 3.44. The zero-order valence-corrected chi connectivity index (χ0v) is 10.0. The molecule has 1 saturated carbocycles. The summed E-state index contributed by atoms with van der Waals surface area (Å²) in [6.45, 7) is 0.986. The summed E-state index contributed by atoms with van der Waals surface area (Å²) in [5, 5.41) is 4.54. The SMILES string of the molecule is Cn1cc(CCNC2CC2)c2cccc(F)c21. The van der Waals surface area contributed by atoms with Gasteiger partial charge in [-0.3, -0.25) is 0 Å². The highest BCUT2D eigenvalue weighted by Gasteiger charge is 2.20. The lowest BCUT2D eigenvalue weighted by Gasteiger charge is -2.01. The lowest BCUT2D eigenvalue weighted by atomic mass is 10.1. The molecule has 0 radical (unpaired) electrons. The Morgan fingerprint density at radius 1 is 1.41 bits per heavy atom. The summed E-state index contributed by atoms with van der Waals surface area (Å²) < 4.78 is 15.6. The van der Waals surface area contributed by atoms with Gasteiger partial charge in [-0.25, -0.2) is 4.39 Å². The van der Waals surface area contributed by atoms with E-state index < -0.39 is 0 Å². The Morgan fingerprint density at radius 2 is 2.24 bits per heavy atom. The number of hydrogen-bond donors (Lipinski definition) is 1. The van der Waals surface area contributed by atoms with Crippen LogP contribution in [0, 0.1) is 5.82 Å². The zero-order valence-electron chi connectivity index (χ0n) is 10.0. The normalized spacial score (nSPS) is 15.6. The van der Waals surface area contributed by atoms with E-state index in [0.29, 0.717) is 5.52 Å². The number of aryl methyl sites for hydroxylation is 1. The van der Waals surface area contributed by atoms with Crippen molar-refractivity contribution in [3.63, 3.8) is 0 Å². The van der Waals surface area contributed by atoms with E-state index in [0.717, 1.165) is 24.4 Å². The third-order valence-electron chi connectivity index (χ3n) is 3.44. The molecule has 1 aliphatic carbocycles. The maximum Gasteiger partial charge on any atom is 0.147 e. The summed E-state index contributed by atoms with van der Waals surface area (Å²) in [6, 6.07) is 6.05. The summed E-state index contributed by atoms with van der Waals surface area (Å²) in [4.78, 5) is 0. The van der Waals surface area contributed by atoms with Gasteiger partial charge in [-0.1, -0.05) is 12.1 Å². The van der Waals surface area contributed by atoms with Crippen molar-refractivity contribution in [3.8, 4) is 0 Å². The van der Waals surface area contributed by atoms with Crippen LogP contribution in [0.5, 0.6) is 0 Å². The number of nitrogens with zero attached hydrogens (tertiary/aromatic N) is 1. The van der Waals surface area contributed by atoms with Gasteiger partial charge < -0.3 is 9.88 Å². The number of fused-ring (bicyclic) bond motifs is 1. The number of benzene rings is 1. The second-order valence-corrected chi connectivity index (χ2v) is 4.88. The van der Waals surface area contributed by atoms with Gasteiger partial charge in [-0.15, -0.1) is 0 Å². The monoisotopic (exact) mass is 232 g/mol. The van der Waals surface area contributed by atoms with E-state index in [-0.39, 0.29) is 5.82 Å². The summed E-state index contributed by atoms with van der Waals surface area (Å²) in [5.41, 5.74) is 1.95. The summed E-state index contributed by atoms with van der Waals surface area (Å²) in [7, 11) is 1.91. The third kappa shape index (κ3) is 2.07. The predicted molar refractivity (Wildman–Crippen MR) is 67.6 cm³/mol. The molecule has 3 heteroatoms. The molecule has 1 heterocycles. The number of para-hydroxylation sites is 1. The molecule has 1 aromatic heterocycles. The van der Waals surface area contributed by atoms with E-state index in [2.05, 4.69) is 5.32 Å². The van der Waals surface area contributed by atoms with Crippen LogP contribution in [0.1, 0.15) is 18.4 Å². The summed E-state index contributed by atoms with van der Waals surface area (Å²) in [5.74, 6) is -0.133. The maximum atomic E-state index is 13.7. The van der Waals surface area contributed by atoms with Crippen molar-refractivity contribution in [2.75, 3.05) is 6.54 Å². The first kappa shape index (κ1) is 10.8. The lowest BCUT2D eigenvalue weighted by Crippen LogP contribution is -2.19. The maximum absolute atomic E-state index is 13.7. The van der Waals surface area contributed by atoms with Crippen LogP contribution in [0.25, 0.3) is 10.9 Å². The smallest absolute Gasteiger partial charge is 0.147 e. The number of hydrogen-bond acceptors (Lipinski definition) is 1. The second-order valence-electron chi connectivity index (χ2n) is 4.88. The van der Waals surface area contributed by atoms with Crippen LogP contribution in [0.2, 0.25) is 0 Å². The van der Waals surface area contributed by atoms with E-state index in [9.17, 15) is 4.39 Å². The standard InChI is InChI=1S/C14H17FN2/c1-17-9-10(7-8-16-11-5-6-11)12-3-2-4-13(15)14(12)17/h2-4,9,11,16H,5-8H2,1H3. The van der Waals surface area contributed by atoms with Crippen LogP contribution in [-0.2, 0) is 13.5 Å². The second kappa shape index (κ2) is 4.15. The van der Waals surface area contributed by atoms with Gasteiger partial charge in [0.25, 0.3) is 0 Å². The fourth-order valence-corrected chi connectivity index (χ4v) is 2.40. The molecule has 2 aromatic rings. The van der Waals surface area contributed by atoms with Crippen molar-refractivity contribution in [2.45, 2.75) is 25.3 Å². The minimum absolute atomic E-state index is 0.133. The van der Waals surface area contributed by atoms with Gasteiger partial charge in [-0.05, 0) is 37.4 Å². The average molecular weight is 232 g/mol. The van der Waals surface area contributed by atoms with Gasteiger partial charge >= 0.3 is 0 Å². The van der Waals surface area contributed by atoms with Crippen molar-refractivity contribution in [3.05, 3.63) is 35.8 Å². The van der Waals surface area contributed by atoms with Gasteiger partial charge in [0.1, 0.15) is 5.82 Å². The van der Waals surface area contributed by atoms with E-state index in [4.69, 9.17) is 0 Å². The van der Waals surface area contributed by atoms with Crippen LogP contribution in [0.15, 0.2) is 24.4 Å². The van der Waals surface area contributed by atoms with Crippen molar-refractivity contribution < 1.29 is 4.39 Å². The molecule has 1 fully saturated rings. The Kier molecular flexibility index (Phi) is 2.63. The molecule has 0 atom stereocenters. The summed E-state index contributed by atoms with van der Waals surface area (Å²) in [6.07, 6.45) is 5.63. The number of aromatic nitrogens is 1. The highest BCUT2D eigenvalue weighted by Crippen LogP contribution is 2.24. The average Bonchev–Trinajstić information content (AvgIpc) is 3.05. The van der Waals surface area contributed by atoms with Crippen LogP contribution in [0.3, 0.4) is 0 Å². The molecule has 2 nitrogen and oxygen atoms in total. The molecule has 90 valence electrons. The van der Waals surface area contributed by atoms with E-state index >= 15 is 0 Å². The molecule has 3 rings (SSSR count). The molecule has 0 bridgehead atoms. The van der Waals surface area contributed by atoms with E-state index in [1.54, 1.807) is 6.07 Å². The van der Waals surface area contributed by atoms with Crippen molar-refractivity contribution >= 4 is 10.9 Å². The highest BCUT2D eigenvalue weighted by molar-refractivity contribution is 5.84. The first-order valence-corrected chi connectivity index (χ1v) is 6.21. The molecule has 1 aliphatic rings.